The molecule has 0 bridgehead atoms. The van der Waals surface area contributed by atoms with Crippen molar-refractivity contribution in [2.45, 2.75) is 175 Å². The molecule has 1 saturated heterocycles. The first-order valence-electron chi connectivity index (χ1n) is 23.2. The number of piperidine rings is 1. The number of amides is 2. The zero-order valence-corrected chi connectivity index (χ0v) is 41.2. The lowest BCUT2D eigenvalue weighted by molar-refractivity contribution is -0.160. The molecule has 3 rings (SSSR count). The van der Waals surface area contributed by atoms with Gasteiger partial charge in [-0.2, -0.15) is 0 Å². The average molecular weight is 899 g/mol. The number of likely N-dealkylation sites (tertiary alicyclic amines) is 1. The lowest BCUT2D eigenvalue weighted by Gasteiger charge is -2.39. The highest BCUT2D eigenvalue weighted by atomic mass is 32.1. The minimum atomic E-state index is -2.17. The number of esters is 1. The molecule has 1 aliphatic heterocycles. The van der Waals surface area contributed by atoms with E-state index in [0.29, 0.717) is 32.1 Å². The third-order valence-corrected chi connectivity index (χ3v) is 15.3. The van der Waals surface area contributed by atoms with Crippen molar-refractivity contribution >= 4 is 49.0 Å². The van der Waals surface area contributed by atoms with Crippen LogP contribution in [0, 0.1) is 23.7 Å². The number of hydrogen-bond donors (Lipinski definition) is 3. The number of aromatic hydroxyl groups is 1. The summed E-state index contributed by atoms with van der Waals surface area (Å²) in [6.07, 6.45) is 7.91. The number of likely N-dealkylation sites (N-methyl/N-ethyl adjacent to an activating group) is 1. The molecule has 348 valence electrons. The monoisotopic (exact) mass is 899 g/mol. The van der Waals surface area contributed by atoms with Crippen molar-refractivity contribution in [1.29, 1.82) is 0 Å². The van der Waals surface area contributed by atoms with Crippen molar-refractivity contribution in [2.24, 2.45) is 23.7 Å². The third-order valence-electron chi connectivity index (χ3n) is 12.7. The van der Waals surface area contributed by atoms with Crippen molar-refractivity contribution in [3.05, 3.63) is 45.9 Å². The van der Waals surface area contributed by atoms with Crippen LogP contribution in [0.1, 0.15) is 152 Å². The van der Waals surface area contributed by atoms with Gasteiger partial charge in [-0.3, -0.25) is 28.9 Å². The van der Waals surface area contributed by atoms with Crippen molar-refractivity contribution < 1.29 is 38.6 Å². The van der Waals surface area contributed by atoms with Crippen LogP contribution in [0.2, 0.25) is 19.1 Å². The first-order valence-corrected chi connectivity index (χ1v) is 27.3. The number of thiazole rings is 1. The fourth-order valence-electron chi connectivity index (χ4n) is 8.48. The number of hydrogen-bond acceptors (Lipinski definition) is 11. The van der Waals surface area contributed by atoms with Gasteiger partial charge in [-0.15, -0.1) is 11.3 Å². The Morgan fingerprint density at radius 2 is 1.69 bits per heavy atom. The van der Waals surface area contributed by atoms with Crippen LogP contribution in [-0.4, -0.2) is 101 Å². The SMILES string of the molecule is CCCC(=O)OCN(C(=O)[C@@H](CC(=O)[C@H]1CCCCN1C)C(C)CC)[C@H](C[C@@H](C)c1nc(C(=O)N[C@@H](Cc2ccc(O)cc2)C[C@H](C)C(=O)CCCC[Si](C)(C)O)cs1)C(C)C. The number of nitrogens with zero attached hydrogens (tertiary/aromatic N) is 3. The summed E-state index contributed by atoms with van der Waals surface area (Å²) >= 11 is 1.38. The summed E-state index contributed by atoms with van der Waals surface area (Å²) in [4.78, 5) is 87.2. The molecule has 1 fully saturated rings. The summed E-state index contributed by atoms with van der Waals surface area (Å²) in [5, 5.41) is 15.5. The summed E-state index contributed by atoms with van der Waals surface area (Å²) in [6, 6.07) is 6.67. The Kier molecular flexibility index (Phi) is 21.9. The predicted molar refractivity (Wildman–Crippen MR) is 250 cm³/mol. The quantitative estimate of drug-likeness (QED) is 0.0341. The van der Waals surface area contributed by atoms with Gasteiger partial charge in [0.25, 0.3) is 5.91 Å². The zero-order valence-electron chi connectivity index (χ0n) is 39.4. The van der Waals surface area contributed by atoms with Gasteiger partial charge in [-0.25, -0.2) is 4.98 Å². The highest BCUT2D eigenvalue weighted by Crippen LogP contribution is 2.33. The highest BCUT2D eigenvalue weighted by Gasteiger charge is 2.38. The highest BCUT2D eigenvalue weighted by molar-refractivity contribution is 7.09. The molecule has 2 heterocycles. The minimum absolute atomic E-state index is 0.0273. The molecule has 12 nitrogen and oxygen atoms in total. The Hall–Kier alpha value is -3.46. The van der Waals surface area contributed by atoms with Gasteiger partial charge in [0.2, 0.25) is 5.91 Å². The van der Waals surface area contributed by atoms with Crippen LogP contribution >= 0.6 is 11.3 Å². The fourth-order valence-corrected chi connectivity index (χ4v) is 10.5. The van der Waals surface area contributed by atoms with Crippen LogP contribution in [0.5, 0.6) is 5.75 Å². The number of phenolic OH excluding ortho intramolecular Hbond substituents is 1. The Morgan fingerprint density at radius 1 is 1.00 bits per heavy atom. The standard InChI is InChI=1S/C48H78N4O8SSi/c1-11-17-45(56)60-31-52(48(58)39(33(5)12-2)29-44(55)41-18-13-15-24-51(41)8)42(32(3)4)27-35(7)47-50-40(30-61-47)46(57)49-37(28-36-20-22-38(53)23-21-36)26-34(6)43(54)19-14-16-25-62(9,10)59/h20-23,30,32-35,37,39,41-42,53,59H,11-19,24-29,31H2,1-10H3,(H,49,57)/t33?,34-,35+,37+,39-,41+,42+/m0/s1. The topological polar surface area (TPSA) is 166 Å². The zero-order chi connectivity index (χ0) is 46.1. The molecule has 0 spiro atoms. The number of carbonyl (C=O) groups excluding carboxylic acids is 5. The van der Waals surface area contributed by atoms with Gasteiger partial charge in [-0.05, 0) is 107 Å². The Morgan fingerprint density at radius 3 is 2.31 bits per heavy atom. The molecule has 0 saturated carbocycles. The fraction of sp³-hybridized carbons (Fsp3) is 0.708. The van der Waals surface area contributed by atoms with Gasteiger partial charge in [0.05, 0.1) is 11.0 Å². The van der Waals surface area contributed by atoms with Gasteiger partial charge >= 0.3 is 5.97 Å². The molecule has 7 atom stereocenters. The van der Waals surface area contributed by atoms with Crippen molar-refractivity contribution in [2.75, 3.05) is 20.3 Å². The number of unbranched alkanes of at least 4 members (excludes halogenated alkanes) is 1. The normalized spacial score (nSPS) is 17.7. The number of nitrogens with one attached hydrogen (secondary N) is 1. The molecule has 14 heteroatoms. The molecular weight excluding hydrogens is 821 g/mol. The summed E-state index contributed by atoms with van der Waals surface area (Å²) in [5.41, 5.74) is 1.18. The number of rotatable bonds is 27. The molecule has 1 aromatic heterocycles. The first-order chi connectivity index (χ1) is 29.2. The molecule has 1 aromatic carbocycles. The van der Waals surface area contributed by atoms with Crippen molar-refractivity contribution in [1.82, 2.24) is 20.1 Å². The average Bonchev–Trinajstić information content (AvgIpc) is 3.72. The molecule has 0 aliphatic carbocycles. The smallest absolute Gasteiger partial charge is 0.307 e. The van der Waals surface area contributed by atoms with Gasteiger partial charge in [-0.1, -0.05) is 79.9 Å². The van der Waals surface area contributed by atoms with Crippen LogP contribution < -0.4 is 5.32 Å². The predicted octanol–water partition coefficient (Wildman–Crippen LogP) is 8.91. The molecule has 2 aromatic rings. The number of ether oxygens (including phenoxy) is 1. The molecule has 2 amide bonds. The van der Waals surface area contributed by atoms with Crippen LogP contribution in [0.4, 0.5) is 0 Å². The van der Waals surface area contributed by atoms with E-state index in [1.807, 2.05) is 80.7 Å². The lowest BCUT2D eigenvalue weighted by atomic mass is 9.82. The Bertz CT molecular complexity index is 1730. The molecule has 1 aliphatic rings. The number of phenols is 1. The van der Waals surface area contributed by atoms with Crippen molar-refractivity contribution in [3.8, 4) is 5.75 Å². The van der Waals surface area contributed by atoms with Crippen molar-refractivity contribution in [3.63, 3.8) is 0 Å². The van der Waals surface area contributed by atoms with E-state index in [2.05, 4.69) is 10.2 Å². The first kappa shape index (κ1) is 52.9. The van der Waals surface area contributed by atoms with E-state index >= 15 is 0 Å². The second-order valence-corrected chi connectivity index (χ2v) is 24.1. The molecule has 0 radical (unpaired) electrons. The maximum Gasteiger partial charge on any atom is 0.307 e. The summed E-state index contributed by atoms with van der Waals surface area (Å²) in [7, 11) is -0.183. The molecule has 1 unspecified atom stereocenters. The largest absolute Gasteiger partial charge is 0.508 e. The third kappa shape index (κ3) is 17.3. The van der Waals surface area contributed by atoms with Crippen LogP contribution in [0.25, 0.3) is 0 Å². The Labute approximate surface area is 377 Å². The maximum absolute atomic E-state index is 14.8. The van der Waals surface area contributed by atoms with Crippen LogP contribution in [-0.2, 0) is 30.3 Å². The number of ketones is 2. The Balaban J connectivity index is 1.82. The van der Waals surface area contributed by atoms with Crippen LogP contribution in [0.3, 0.4) is 0 Å². The minimum Gasteiger partial charge on any atom is -0.508 e. The number of carbonyl (C=O) groups is 5. The second-order valence-electron chi connectivity index (χ2n) is 19.0. The van der Waals surface area contributed by atoms with Gasteiger partial charge < -0.3 is 24.9 Å². The molecule has 62 heavy (non-hydrogen) atoms. The van der Waals surface area contributed by atoms with E-state index in [4.69, 9.17) is 9.72 Å². The van der Waals surface area contributed by atoms with E-state index in [1.165, 1.54) is 11.3 Å². The number of Topliss-reactive ketones (excluding diaryl/α,β-unsaturated/α-hetero) is 2. The van der Waals surface area contributed by atoms with E-state index in [1.54, 1.807) is 22.4 Å². The number of aromatic nitrogens is 1. The van der Waals surface area contributed by atoms with Crippen LogP contribution in [0.15, 0.2) is 29.6 Å². The van der Waals surface area contributed by atoms with E-state index in [0.717, 1.165) is 61.7 Å². The lowest BCUT2D eigenvalue weighted by Crippen LogP contribution is -2.50. The summed E-state index contributed by atoms with van der Waals surface area (Å²) in [5.74, 6) is -1.65. The maximum atomic E-state index is 14.8. The van der Waals surface area contributed by atoms with E-state index in [9.17, 15) is 33.9 Å². The van der Waals surface area contributed by atoms with Gasteiger partial charge in [0.15, 0.2) is 20.8 Å². The van der Waals surface area contributed by atoms with E-state index in [-0.39, 0.29) is 102 Å². The summed E-state index contributed by atoms with van der Waals surface area (Å²) in [6.45, 7) is 18.4. The summed E-state index contributed by atoms with van der Waals surface area (Å²) < 4.78 is 5.75. The number of benzene rings is 1. The molecular formula is C48H78N4O8SSi. The molecule has 3 N–H and O–H groups in total. The second kappa shape index (κ2) is 25.7. The van der Waals surface area contributed by atoms with Gasteiger partial charge in [0.1, 0.15) is 17.2 Å². The van der Waals surface area contributed by atoms with E-state index < -0.39 is 14.2 Å². The van der Waals surface area contributed by atoms with Gasteiger partial charge in [0, 0.05) is 54.5 Å².